The second-order valence-electron chi connectivity index (χ2n) is 8.64. The van der Waals surface area contributed by atoms with Crippen LogP contribution < -0.4 is 10.6 Å². The van der Waals surface area contributed by atoms with Gasteiger partial charge in [-0.3, -0.25) is 9.89 Å². The van der Waals surface area contributed by atoms with Crippen molar-refractivity contribution in [2.24, 2.45) is 16.3 Å². The van der Waals surface area contributed by atoms with Crippen LogP contribution in [0, 0.1) is 11.3 Å². The van der Waals surface area contributed by atoms with Gasteiger partial charge in [0.25, 0.3) is 0 Å². The third kappa shape index (κ3) is 9.56. The fourth-order valence-corrected chi connectivity index (χ4v) is 4.55. The van der Waals surface area contributed by atoms with Gasteiger partial charge < -0.3 is 15.4 Å². The van der Waals surface area contributed by atoms with E-state index in [9.17, 15) is 8.42 Å². The minimum atomic E-state index is -2.94. The topological polar surface area (TPSA) is 83.0 Å². The predicted molar refractivity (Wildman–Crippen MR) is 118 cm³/mol. The molecule has 0 amide bonds. The van der Waals surface area contributed by atoms with Crippen molar-refractivity contribution in [3.05, 3.63) is 0 Å². The molecule has 1 aliphatic heterocycles. The van der Waals surface area contributed by atoms with Crippen LogP contribution in [0.4, 0.5) is 0 Å². The monoisotopic (exact) mass is 418 g/mol. The van der Waals surface area contributed by atoms with Gasteiger partial charge in [-0.2, -0.15) is 0 Å². The number of hydrogen-bond donors (Lipinski definition) is 2. The molecule has 2 N–H and O–H groups in total. The van der Waals surface area contributed by atoms with E-state index in [0.29, 0.717) is 24.9 Å². The molecule has 0 bridgehead atoms. The van der Waals surface area contributed by atoms with Crippen LogP contribution >= 0.6 is 0 Å². The number of hydrogen-bond acceptors (Lipinski definition) is 5. The summed E-state index contributed by atoms with van der Waals surface area (Å²) >= 11 is 0. The number of guanidine groups is 1. The van der Waals surface area contributed by atoms with E-state index < -0.39 is 9.84 Å². The summed E-state index contributed by atoms with van der Waals surface area (Å²) in [5, 5.41) is 6.88. The van der Waals surface area contributed by atoms with Crippen molar-refractivity contribution < 1.29 is 13.2 Å². The fraction of sp³-hybridized carbons (Fsp3) is 0.950. The number of rotatable bonds is 11. The van der Waals surface area contributed by atoms with Gasteiger partial charge in [-0.1, -0.05) is 40.5 Å². The molecule has 0 aliphatic carbocycles. The molecule has 0 aromatic carbocycles. The first kappa shape index (κ1) is 25.2. The molecular formula is C20H42N4O3S. The normalized spacial score (nSPS) is 18.3. The van der Waals surface area contributed by atoms with Crippen LogP contribution in [0.1, 0.15) is 47.0 Å². The Morgan fingerprint density at radius 1 is 1.18 bits per heavy atom. The quantitative estimate of drug-likeness (QED) is 0.393. The Bertz CT molecular complexity index is 568. The highest BCUT2D eigenvalue weighted by atomic mass is 32.2. The maximum Gasteiger partial charge on any atom is 0.191 e. The Labute approximate surface area is 172 Å². The molecule has 1 aliphatic rings. The molecule has 8 heteroatoms. The Kier molecular flexibility index (Phi) is 10.8. The smallest absolute Gasteiger partial charge is 0.191 e. The molecule has 1 unspecified atom stereocenters. The summed E-state index contributed by atoms with van der Waals surface area (Å²) in [6.07, 6.45) is 4.23. The number of sulfone groups is 1. The highest BCUT2D eigenvalue weighted by Crippen LogP contribution is 2.21. The zero-order valence-corrected chi connectivity index (χ0v) is 19.6. The lowest BCUT2D eigenvalue weighted by molar-refractivity contribution is 0.00271. The molecule has 1 rings (SSSR count). The van der Waals surface area contributed by atoms with Crippen LogP contribution in [-0.2, 0) is 14.6 Å². The molecule has 0 radical (unpaired) electrons. The summed E-state index contributed by atoms with van der Waals surface area (Å²) in [7, 11) is -1.16. The number of morpholine rings is 1. The van der Waals surface area contributed by atoms with Crippen molar-refractivity contribution in [2.75, 3.05) is 58.4 Å². The maximum absolute atomic E-state index is 11.5. The van der Waals surface area contributed by atoms with Crippen LogP contribution in [0.15, 0.2) is 4.99 Å². The van der Waals surface area contributed by atoms with Gasteiger partial charge in [0.2, 0.25) is 0 Å². The number of aliphatic imine (C=N–C) groups is 1. The second-order valence-corrected chi connectivity index (χ2v) is 10.9. The molecule has 0 aromatic rings. The third-order valence-electron chi connectivity index (χ3n) is 5.69. The second kappa shape index (κ2) is 12.0. The molecule has 166 valence electrons. The van der Waals surface area contributed by atoms with E-state index in [2.05, 4.69) is 48.2 Å². The Morgan fingerprint density at radius 2 is 1.79 bits per heavy atom. The summed E-state index contributed by atoms with van der Waals surface area (Å²) in [6.45, 7) is 13.8. The molecule has 28 heavy (non-hydrogen) atoms. The Morgan fingerprint density at radius 3 is 2.29 bits per heavy atom. The van der Waals surface area contributed by atoms with Crippen molar-refractivity contribution >= 4 is 15.8 Å². The van der Waals surface area contributed by atoms with Gasteiger partial charge >= 0.3 is 0 Å². The number of nitrogens with zero attached hydrogens (tertiary/aromatic N) is 2. The zero-order chi connectivity index (χ0) is 21.2. The van der Waals surface area contributed by atoms with E-state index in [-0.39, 0.29) is 11.2 Å². The molecule has 1 atom stereocenters. The van der Waals surface area contributed by atoms with Crippen LogP contribution in [0.3, 0.4) is 0 Å². The highest BCUT2D eigenvalue weighted by molar-refractivity contribution is 7.90. The van der Waals surface area contributed by atoms with Crippen LogP contribution in [0.5, 0.6) is 0 Å². The Hall–Kier alpha value is -0.860. The number of nitrogens with one attached hydrogen (secondary N) is 2. The predicted octanol–water partition coefficient (Wildman–Crippen LogP) is 1.75. The van der Waals surface area contributed by atoms with Gasteiger partial charge in [0, 0.05) is 45.5 Å². The highest BCUT2D eigenvalue weighted by Gasteiger charge is 2.27. The zero-order valence-electron chi connectivity index (χ0n) is 18.8. The van der Waals surface area contributed by atoms with Crippen molar-refractivity contribution in [2.45, 2.75) is 53.0 Å². The lowest BCUT2D eigenvalue weighted by atomic mass is 9.90. The summed E-state index contributed by atoms with van der Waals surface area (Å²) in [6, 6.07) is 0.454. The minimum Gasteiger partial charge on any atom is -0.379 e. The van der Waals surface area contributed by atoms with Gasteiger partial charge in [0.1, 0.15) is 9.84 Å². The molecular weight excluding hydrogens is 376 g/mol. The van der Waals surface area contributed by atoms with Crippen LogP contribution in [-0.4, -0.2) is 83.8 Å². The van der Waals surface area contributed by atoms with E-state index in [1.54, 1.807) is 7.05 Å². The lowest BCUT2D eigenvalue weighted by Gasteiger charge is -2.39. The summed E-state index contributed by atoms with van der Waals surface area (Å²) in [5.74, 6) is 1.62. The maximum atomic E-state index is 11.5. The lowest BCUT2D eigenvalue weighted by Crippen LogP contribution is -2.53. The largest absolute Gasteiger partial charge is 0.379 e. The average Bonchev–Trinajstić information content (AvgIpc) is 2.66. The van der Waals surface area contributed by atoms with Gasteiger partial charge in [-0.25, -0.2) is 8.42 Å². The van der Waals surface area contributed by atoms with E-state index in [1.165, 1.54) is 6.26 Å². The average molecular weight is 419 g/mol. The van der Waals surface area contributed by atoms with Gasteiger partial charge in [-0.15, -0.1) is 0 Å². The minimum absolute atomic E-state index is 0.125. The molecule has 0 aromatic heterocycles. The Balaban J connectivity index is 2.61. The standard InChI is InChI=1S/C20H42N4O3S/c1-7-17(8-2)18(24-10-12-27-13-11-24)15-22-19(21-5)23-16-20(3,4)9-14-28(6,25)26/h17-18H,7-16H2,1-6H3,(H2,21,22,23). The van der Waals surface area contributed by atoms with E-state index in [1.807, 2.05) is 0 Å². The molecule has 1 fully saturated rings. The van der Waals surface area contributed by atoms with Crippen LogP contribution in [0.2, 0.25) is 0 Å². The van der Waals surface area contributed by atoms with Crippen molar-refractivity contribution in [1.82, 2.24) is 15.5 Å². The van der Waals surface area contributed by atoms with E-state index in [0.717, 1.165) is 51.6 Å². The van der Waals surface area contributed by atoms with Gasteiger partial charge in [0.05, 0.1) is 19.0 Å². The fourth-order valence-electron chi connectivity index (χ4n) is 3.63. The molecule has 0 saturated carbocycles. The van der Waals surface area contributed by atoms with Crippen molar-refractivity contribution in [3.63, 3.8) is 0 Å². The molecule has 1 saturated heterocycles. The van der Waals surface area contributed by atoms with Crippen LogP contribution in [0.25, 0.3) is 0 Å². The first-order valence-electron chi connectivity index (χ1n) is 10.6. The first-order chi connectivity index (χ1) is 13.1. The number of ether oxygens (including phenoxy) is 1. The van der Waals surface area contributed by atoms with E-state index in [4.69, 9.17) is 4.74 Å². The first-order valence-corrected chi connectivity index (χ1v) is 12.6. The van der Waals surface area contributed by atoms with Crippen molar-refractivity contribution in [1.29, 1.82) is 0 Å². The van der Waals surface area contributed by atoms with E-state index >= 15 is 0 Å². The van der Waals surface area contributed by atoms with Gasteiger partial charge in [0.15, 0.2) is 5.96 Å². The SMILES string of the molecule is CCC(CC)C(CNC(=NC)NCC(C)(C)CCS(C)(=O)=O)N1CCOCC1. The van der Waals surface area contributed by atoms with Gasteiger partial charge in [-0.05, 0) is 17.8 Å². The summed E-state index contributed by atoms with van der Waals surface area (Å²) in [5.41, 5.74) is -0.125. The molecule has 1 heterocycles. The molecule has 0 spiro atoms. The van der Waals surface area contributed by atoms with Crippen molar-refractivity contribution in [3.8, 4) is 0 Å². The molecule has 7 nitrogen and oxygen atoms in total. The summed E-state index contributed by atoms with van der Waals surface area (Å²) in [4.78, 5) is 6.90. The summed E-state index contributed by atoms with van der Waals surface area (Å²) < 4.78 is 28.4. The third-order valence-corrected chi connectivity index (χ3v) is 6.64.